The molecule has 1 N–H and O–H groups in total. The van der Waals surface area contributed by atoms with Crippen molar-refractivity contribution < 1.29 is 14.6 Å². The van der Waals surface area contributed by atoms with Crippen molar-refractivity contribution in [2.24, 2.45) is 0 Å². The first-order valence-electron chi connectivity index (χ1n) is 8.03. The van der Waals surface area contributed by atoms with Crippen LogP contribution < -0.4 is 4.74 Å². The maximum Gasteiger partial charge on any atom is 0.257 e. The van der Waals surface area contributed by atoms with E-state index in [1.54, 1.807) is 18.0 Å². The number of likely N-dealkylation sites (tertiary alicyclic amines) is 1. The van der Waals surface area contributed by atoms with Gasteiger partial charge in [-0.15, -0.1) is 0 Å². The normalized spacial score (nSPS) is 16.7. The highest BCUT2D eigenvalue weighted by molar-refractivity contribution is 5.94. The Kier molecular flexibility index (Phi) is 4.76. The number of carbonyl (C=O) groups is 1. The number of amides is 1. The van der Waals surface area contributed by atoms with Crippen LogP contribution >= 0.6 is 0 Å². The highest BCUT2D eigenvalue weighted by Gasteiger charge is 2.35. The maximum absolute atomic E-state index is 12.5. The Morgan fingerprint density at radius 2 is 2.00 bits per heavy atom. The van der Waals surface area contributed by atoms with Crippen LogP contribution in [0, 0.1) is 6.92 Å². The molecule has 1 amide bonds. The maximum atomic E-state index is 12.5. The molecule has 0 bridgehead atoms. The number of hydrogen-bond acceptors (Lipinski definition) is 5. The summed E-state index contributed by atoms with van der Waals surface area (Å²) in [7, 11) is 0. The number of piperidine rings is 1. The Morgan fingerprint density at radius 3 is 2.67 bits per heavy atom. The summed E-state index contributed by atoms with van der Waals surface area (Å²) in [6.45, 7) is 3.00. The van der Waals surface area contributed by atoms with E-state index in [0.717, 1.165) is 5.75 Å². The predicted molar refractivity (Wildman–Crippen MR) is 88.8 cm³/mol. The molecule has 1 fully saturated rings. The summed E-state index contributed by atoms with van der Waals surface area (Å²) in [6.07, 6.45) is 3.95. The van der Waals surface area contributed by atoms with Crippen molar-refractivity contribution in [2.45, 2.75) is 25.4 Å². The van der Waals surface area contributed by atoms with Crippen LogP contribution in [0.5, 0.6) is 5.75 Å². The standard InChI is InChI=1S/C18H21N3O3/c1-14-16(11-19-13-20-14)17(22)21-9-7-18(23,8-10-21)12-24-15-5-3-2-4-6-15/h2-6,11,13,23H,7-10,12H2,1H3. The lowest BCUT2D eigenvalue weighted by molar-refractivity contribution is -0.0475. The van der Waals surface area contributed by atoms with Gasteiger partial charge in [-0.25, -0.2) is 9.97 Å². The smallest absolute Gasteiger partial charge is 0.257 e. The quantitative estimate of drug-likeness (QED) is 0.927. The lowest BCUT2D eigenvalue weighted by Gasteiger charge is -2.38. The molecule has 1 aromatic heterocycles. The number of nitrogens with zero attached hydrogens (tertiary/aromatic N) is 3. The number of rotatable bonds is 4. The van der Waals surface area contributed by atoms with Crippen LogP contribution in [-0.4, -0.2) is 51.2 Å². The van der Waals surface area contributed by atoms with E-state index in [9.17, 15) is 9.90 Å². The molecule has 126 valence electrons. The van der Waals surface area contributed by atoms with Crippen molar-refractivity contribution in [1.82, 2.24) is 14.9 Å². The minimum atomic E-state index is -0.908. The summed E-state index contributed by atoms with van der Waals surface area (Å²) >= 11 is 0. The van der Waals surface area contributed by atoms with Crippen LogP contribution in [-0.2, 0) is 0 Å². The zero-order chi connectivity index (χ0) is 17.0. The van der Waals surface area contributed by atoms with Gasteiger partial charge >= 0.3 is 0 Å². The van der Waals surface area contributed by atoms with Gasteiger partial charge in [-0.1, -0.05) is 18.2 Å². The van der Waals surface area contributed by atoms with Gasteiger partial charge in [0.1, 0.15) is 24.3 Å². The van der Waals surface area contributed by atoms with Crippen molar-refractivity contribution in [2.75, 3.05) is 19.7 Å². The number of carbonyl (C=O) groups excluding carboxylic acids is 1. The topological polar surface area (TPSA) is 75.6 Å². The van der Waals surface area contributed by atoms with Crippen LogP contribution in [0.4, 0.5) is 0 Å². The Morgan fingerprint density at radius 1 is 1.29 bits per heavy atom. The first-order valence-corrected chi connectivity index (χ1v) is 8.03. The molecule has 0 radical (unpaired) electrons. The van der Waals surface area contributed by atoms with Crippen molar-refractivity contribution in [1.29, 1.82) is 0 Å². The van der Waals surface area contributed by atoms with Crippen LogP contribution in [0.15, 0.2) is 42.9 Å². The second-order valence-electron chi connectivity index (χ2n) is 6.14. The molecule has 2 aromatic rings. The zero-order valence-corrected chi connectivity index (χ0v) is 13.7. The van der Waals surface area contributed by atoms with Gasteiger partial charge in [-0.3, -0.25) is 4.79 Å². The van der Waals surface area contributed by atoms with Gasteiger partial charge in [0.25, 0.3) is 5.91 Å². The average Bonchev–Trinajstić information content (AvgIpc) is 2.62. The second-order valence-corrected chi connectivity index (χ2v) is 6.14. The molecule has 1 aliphatic heterocycles. The Balaban J connectivity index is 1.57. The predicted octanol–water partition coefficient (Wildman–Crippen LogP) is 1.83. The summed E-state index contributed by atoms with van der Waals surface area (Å²) in [5.41, 5.74) is 0.279. The van der Waals surface area contributed by atoms with Gasteiger partial charge in [0, 0.05) is 19.3 Å². The number of aromatic nitrogens is 2. The highest BCUT2D eigenvalue weighted by Crippen LogP contribution is 2.25. The zero-order valence-electron chi connectivity index (χ0n) is 13.7. The van der Waals surface area contributed by atoms with E-state index in [1.165, 1.54) is 6.33 Å². The number of aliphatic hydroxyl groups is 1. The van der Waals surface area contributed by atoms with E-state index < -0.39 is 5.60 Å². The fraction of sp³-hybridized carbons (Fsp3) is 0.389. The molecule has 1 aromatic carbocycles. The third-order valence-corrected chi connectivity index (χ3v) is 4.37. The molecular weight excluding hydrogens is 306 g/mol. The van der Waals surface area contributed by atoms with E-state index in [2.05, 4.69) is 9.97 Å². The molecule has 0 spiro atoms. The molecule has 0 atom stereocenters. The average molecular weight is 327 g/mol. The van der Waals surface area contributed by atoms with Gasteiger partial charge < -0.3 is 14.7 Å². The highest BCUT2D eigenvalue weighted by atomic mass is 16.5. The molecule has 0 unspecified atom stereocenters. The first-order chi connectivity index (χ1) is 11.6. The van der Waals surface area contributed by atoms with Gasteiger partial charge in [0.15, 0.2) is 0 Å². The van der Waals surface area contributed by atoms with Crippen molar-refractivity contribution in [3.63, 3.8) is 0 Å². The molecule has 6 heteroatoms. The number of para-hydroxylation sites is 1. The second kappa shape index (κ2) is 6.97. The summed E-state index contributed by atoms with van der Waals surface area (Å²) in [6, 6.07) is 9.43. The fourth-order valence-electron chi connectivity index (χ4n) is 2.78. The van der Waals surface area contributed by atoms with Gasteiger partial charge in [0.05, 0.1) is 11.3 Å². The fourth-order valence-corrected chi connectivity index (χ4v) is 2.78. The molecule has 0 saturated carbocycles. The Labute approximate surface area is 141 Å². The Hall–Kier alpha value is -2.47. The molecule has 2 heterocycles. The van der Waals surface area contributed by atoms with Crippen LogP contribution in [0.25, 0.3) is 0 Å². The molecular formula is C18H21N3O3. The van der Waals surface area contributed by atoms with Crippen molar-refractivity contribution >= 4 is 5.91 Å². The number of hydrogen-bond donors (Lipinski definition) is 1. The van der Waals surface area contributed by atoms with Gasteiger partial charge in [0.2, 0.25) is 0 Å². The molecule has 6 nitrogen and oxygen atoms in total. The van der Waals surface area contributed by atoms with E-state index in [1.807, 2.05) is 30.3 Å². The molecule has 0 aliphatic carbocycles. The van der Waals surface area contributed by atoms with Gasteiger partial charge in [-0.2, -0.15) is 0 Å². The van der Waals surface area contributed by atoms with E-state index >= 15 is 0 Å². The lowest BCUT2D eigenvalue weighted by Crippen LogP contribution is -2.49. The molecule has 1 saturated heterocycles. The first kappa shape index (κ1) is 16.4. The monoisotopic (exact) mass is 327 g/mol. The summed E-state index contributed by atoms with van der Waals surface area (Å²) in [5, 5.41) is 10.7. The van der Waals surface area contributed by atoms with Crippen LogP contribution in [0.3, 0.4) is 0 Å². The van der Waals surface area contributed by atoms with E-state index in [0.29, 0.717) is 37.2 Å². The summed E-state index contributed by atoms with van der Waals surface area (Å²) < 4.78 is 5.67. The van der Waals surface area contributed by atoms with E-state index in [4.69, 9.17) is 4.74 Å². The molecule has 3 rings (SSSR count). The van der Waals surface area contributed by atoms with Crippen LogP contribution in [0.2, 0.25) is 0 Å². The Bertz CT molecular complexity index is 698. The number of aryl methyl sites for hydroxylation is 1. The minimum Gasteiger partial charge on any atom is -0.491 e. The largest absolute Gasteiger partial charge is 0.491 e. The minimum absolute atomic E-state index is 0.0841. The lowest BCUT2D eigenvalue weighted by atomic mass is 9.92. The summed E-state index contributed by atoms with van der Waals surface area (Å²) in [5.74, 6) is 0.653. The molecule has 24 heavy (non-hydrogen) atoms. The van der Waals surface area contributed by atoms with Crippen molar-refractivity contribution in [3.05, 3.63) is 54.1 Å². The van der Waals surface area contributed by atoms with Crippen molar-refractivity contribution in [3.8, 4) is 5.75 Å². The third kappa shape index (κ3) is 3.71. The van der Waals surface area contributed by atoms with Gasteiger partial charge in [-0.05, 0) is 31.9 Å². The number of benzene rings is 1. The van der Waals surface area contributed by atoms with Crippen LogP contribution in [0.1, 0.15) is 28.9 Å². The molecule has 1 aliphatic rings. The summed E-state index contributed by atoms with van der Waals surface area (Å²) in [4.78, 5) is 22.3. The number of ether oxygens (including phenoxy) is 1. The third-order valence-electron chi connectivity index (χ3n) is 4.37. The SMILES string of the molecule is Cc1ncncc1C(=O)N1CCC(O)(COc2ccccc2)CC1. The van der Waals surface area contributed by atoms with E-state index in [-0.39, 0.29) is 12.5 Å².